The van der Waals surface area contributed by atoms with Crippen molar-refractivity contribution in [3.63, 3.8) is 0 Å². The first-order chi connectivity index (χ1) is 5.67. The van der Waals surface area contributed by atoms with Crippen molar-refractivity contribution in [3.8, 4) is 0 Å². The Kier molecular flexibility index (Phi) is 2.76. The summed E-state index contributed by atoms with van der Waals surface area (Å²) in [4.78, 5) is 8.17. The Morgan fingerprint density at radius 1 is 1.42 bits per heavy atom. The molecule has 0 aromatic carbocycles. The van der Waals surface area contributed by atoms with Crippen molar-refractivity contribution in [2.24, 2.45) is 0 Å². The molecule has 0 bridgehead atoms. The third-order valence-electron chi connectivity index (χ3n) is 1.69. The molecular weight excluding hydrogens is 152 g/mol. The first-order valence-corrected chi connectivity index (χ1v) is 4.07. The van der Waals surface area contributed by atoms with Crippen LogP contribution in [0.1, 0.15) is 26.5 Å². The second kappa shape index (κ2) is 3.63. The molecule has 0 aliphatic carbocycles. The Morgan fingerprint density at radius 3 is 2.67 bits per heavy atom. The van der Waals surface area contributed by atoms with Gasteiger partial charge < -0.3 is 4.74 Å². The maximum atomic E-state index is 5.51. The Morgan fingerprint density at radius 2 is 2.17 bits per heavy atom. The van der Waals surface area contributed by atoms with Crippen molar-refractivity contribution in [2.45, 2.75) is 26.4 Å². The number of rotatable bonds is 3. The van der Waals surface area contributed by atoms with E-state index >= 15 is 0 Å². The SMILES string of the molecule is CCOC(C)(C)c1cnccn1. The third-order valence-corrected chi connectivity index (χ3v) is 1.69. The van der Waals surface area contributed by atoms with Crippen LogP contribution in [0.3, 0.4) is 0 Å². The minimum absolute atomic E-state index is 0.330. The van der Waals surface area contributed by atoms with Gasteiger partial charge in [0.2, 0.25) is 0 Å². The van der Waals surface area contributed by atoms with Crippen LogP contribution in [0.5, 0.6) is 0 Å². The van der Waals surface area contributed by atoms with Gasteiger partial charge in [0.05, 0.1) is 11.9 Å². The van der Waals surface area contributed by atoms with E-state index in [2.05, 4.69) is 9.97 Å². The molecule has 66 valence electrons. The first kappa shape index (κ1) is 9.13. The molecule has 1 aromatic heterocycles. The standard InChI is InChI=1S/C9H14N2O/c1-4-12-9(2,3)8-7-10-5-6-11-8/h5-7H,4H2,1-3H3. The van der Waals surface area contributed by atoms with Crippen LogP contribution in [-0.4, -0.2) is 16.6 Å². The number of nitrogens with zero attached hydrogens (tertiary/aromatic N) is 2. The monoisotopic (exact) mass is 166 g/mol. The summed E-state index contributed by atoms with van der Waals surface area (Å²) in [6.07, 6.45) is 5.07. The van der Waals surface area contributed by atoms with E-state index in [0.29, 0.717) is 6.61 Å². The fraction of sp³-hybridized carbons (Fsp3) is 0.556. The summed E-state index contributed by atoms with van der Waals surface area (Å²) < 4.78 is 5.51. The third kappa shape index (κ3) is 2.01. The molecule has 3 nitrogen and oxygen atoms in total. The quantitative estimate of drug-likeness (QED) is 0.686. The predicted molar refractivity (Wildman–Crippen MR) is 46.7 cm³/mol. The van der Waals surface area contributed by atoms with Crippen LogP contribution >= 0.6 is 0 Å². The molecule has 0 amide bonds. The Balaban J connectivity index is 2.82. The summed E-state index contributed by atoms with van der Waals surface area (Å²) in [7, 11) is 0. The largest absolute Gasteiger partial charge is 0.369 e. The Labute approximate surface area is 72.8 Å². The number of aromatic nitrogens is 2. The smallest absolute Gasteiger partial charge is 0.106 e. The molecule has 0 saturated heterocycles. The van der Waals surface area contributed by atoms with Crippen LogP contribution in [0.2, 0.25) is 0 Å². The van der Waals surface area contributed by atoms with Crippen LogP contribution in [0, 0.1) is 0 Å². The number of ether oxygens (including phenoxy) is 1. The van der Waals surface area contributed by atoms with Gasteiger partial charge in [0.25, 0.3) is 0 Å². The average molecular weight is 166 g/mol. The van der Waals surface area contributed by atoms with Crippen LogP contribution in [0.4, 0.5) is 0 Å². The zero-order valence-corrected chi connectivity index (χ0v) is 7.74. The van der Waals surface area contributed by atoms with Crippen molar-refractivity contribution < 1.29 is 4.74 Å². The van der Waals surface area contributed by atoms with Crippen LogP contribution in [0.15, 0.2) is 18.6 Å². The molecule has 0 radical (unpaired) electrons. The van der Waals surface area contributed by atoms with Crippen LogP contribution in [0.25, 0.3) is 0 Å². The lowest BCUT2D eigenvalue weighted by atomic mass is 10.1. The van der Waals surface area contributed by atoms with Gasteiger partial charge in [0.1, 0.15) is 5.60 Å². The molecule has 0 saturated carbocycles. The Bertz CT molecular complexity index is 234. The highest BCUT2D eigenvalue weighted by Crippen LogP contribution is 2.20. The minimum Gasteiger partial charge on any atom is -0.369 e. The summed E-state index contributed by atoms with van der Waals surface area (Å²) in [5.41, 5.74) is 0.537. The Hall–Kier alpha value is -0.960. The van der Waals surface area contributed by atoms with Gasteiger partial charge in [-0.3, -0.25) is 9.97 Å². The van der Waals surface area contributed by atoms with Gasteiger partial charge in [-0.1, -0.05) is 0 Å². The zero-order valence-electron chi connectivity index (χ0n) is 7.74. The fourth-order valence-electron chi connectivity index (χ4n) is 1.04. The first-order valence-electron chi connectivity index (χ1n) is 4.07. The molecule has 0 atom stereocenters. The molecule has 1 rings (SSSR count). The molecule has 0 aliphatic rings. The van der Waals surface area contributed by atoms with Crippen LogP contribution < -0.4 is 0 Å². The molecule has 0 N–H and O–H groups in total. The van der Waals surface area contributed by atoms with E-state index in [1.165, 1.54) is 0 Å². The van der Waals surface area contributed by atoms with Gasteiger partial charge in [-0.05, 0) is 20.8 Å². The van der Waals surface area contributed by atoms with Crippen molar-refractivity contribution in [1.82, 2.24) is 9.97 Å². The molecule has 3 heteroatoms. The van der Waals surface area contributed by atoms with Gasteiger partial charge in [0, 0.05) is 19.0 Å². The second-order valence-corrected chi connectivity index (χ2v) is 3.03. The lowest BCUT2D eigenvalue weighted by molar-refractivity contribution is -0.0175. The lowest BCUT2D eigenvalue weighted by Crippen LogP contribution is -2.23. The summed E-state index contributed by atoms with van der Waals surface area (Å²) >= 11 is 0. The summed E-state index contributed by atoms with van der Waals surface area (Å²) in [5, 5.41) is 0. The molecule has 0 aliphatic heterocycles. The summed E-state index contributed by atoms with van der Waals surface area (Å²) in [6, 6.07) is 0. The maximum absolute atomic E-state index is 5.51. The molecule has 12 heavy (non-hydrogen) atoms. The van der Waals surface area contributed by atoms with Crippen molar-refractivity contribution >= 4 is 0 Å². The number of hydrogen-bond acceptors (Lipinski definition) is 3. The van der Waals surface area contributed by atoms with E-state index in [0.717, 1.165) is 5.69 Å². The van der Waals surface area contributed by atoms with E-state index in [1.807, 2.05) is 20.8 Å². The van der Waals surface area contributed by atoms with Crippen molar-refractivity contribution in [1.29, 1.82) is 0 Å². The van der Waals surface area contributed by atoms with Crippen molar-refractivity contribution in [3.05, 3.63) is 24.3 Å². The molecular formula is C9H14N2O. The highest BCUT2D eigenvalue weighted by Gasteiger charge is 2.21. The molecule has 0 fully saturated rings. The van der Waals surface area contributed by atoms with Crippen LogP contribution in [-0.2, 0) is 10.3 Å². The van der Waals surface area contributed by atoms with E-state index in [9.17, 15) is 0 Å². The minimum atomic E-state index is -0.330. The van der Waals surface area contributed by atoms with E-state index in [-0.39, 0.29) is 5.60 Å². The normalized spacial score (nSPS) is 11.6. The van der Waals surface area contributed by atoms with E-state index < -0.39 is 0 Å². The van der Waals surface area contributed by atoms with E-state index in [1.54, 1.807) is 18.6 Å². The molecule has 1 heterocycles. The van der Waals surface area contributed by atoms with Gasteiger partial charge in [0.15, 0.2) is 0 Å². The van der Waals surface area contributed by atoms with Crippen molar-refractivity contribution in [2.75, 3.05) is 6.61 Å². The predicted octanol–water partition coefficient (Wildman–Crippen LogP) is 1.75. The van der Waals surface area contributed by atoms with Gasteiger partial charge in [-0.15, -0.1) is 0 Å². The molecule has 1 aromatic rings. The molecule has 0 spiro atoms. The summed E-state index contributed by atoms with van der Waals surface area (Å²) in [6.45, 7) is 6.63. The van der Waals surface area contributed by atoms with E-state index in [4.69, 9.17) is 4.74 Å². The molecule has 0 unspecified atom stereocenters. The van der Waals surface area contributed by atoms with Gasteiger partial charge >= 0.3 is 0 Å². The van der Waals surface area contributed by atoms with Gasteiger partial charge in [-0.2, -0.15) is 0 Å². The fourth-order valence-corrected chi connectivity index (χ4v) is 1.04. The highest BCUT2D eigenvalue weighted by atomic mass is 16.5. The number of hydrogen-bond donors (Lipinski definition) is 0. The maximum Gasteiger partial charge on any atom is 0.106 e. The second-order valence-electron chi connectivity index (χ2n) is 3.03. The highest BCUT2D eigenvalue weighted by molar-refractivity contribution is 5.04. The average Bonchev–Trinajstić information content (AvgIpc) is 2.06. The topological polar surface area (TPSA) is 35.0 Å². The lowest BCUT2D eigenvalue weighted by Gasteiger charge is -2.23. The summed E-state index contributed by atoms with van der Waals surface area (Å²) in [5.74, 6) is 0. The zero-order chi connectivity index (χ0) is 9.03. The van der Waals surface area contributed by atoms with Gasteiger partial charge in [-0.25, -0.2) is 0 Å².